The summed E-state index contributed by atoms with van der Waals surface area (Å²) in [6.45, 7) is 3.86. The second-order valence-electron chi connectivity index (χ2n) is 14.2. The van der Waals surface area contributed by atoms with E-state index in [1.54, 1.807) is 79.2 Å². The summed E-state index contributed by atoms with van der Waals surface area (Å²) in [7, 11) is 0. The maximum Gasteiger partial charge on any atom is 0.307 e. The van der Waals surface area contributed by atoms with Crippen LogP contribution >= 0.6 is 0 Å². The van der Waals surface area contributed by atoms with E-state index in [4.69, 9.17) is 18.9 Å². The molecule has 0 aliphatic heterocycles. The minimum Gasteiger partial charge on any atom is -0.481 e. The molecule has 0 amide bonds. The highest BCUT2D eigenvalue weighted by Crippen LogP contribution is 2.28. The van der Waals surface area contributed by atoms with Gasteiger partial charge in [0.2, 0.25) is 0 Å². The number of hydrogen-bond donors (Lipinski definition) is 3. The number of carbonyl (C=O) groups is 2. The molecule has 334 valence electrons. The van der Waals surface area contributed by atoms with Crippen molar-refractivity contribution >= 4 is 23.6 Å². The summed E-state index contributed by atoms with van der Waals surface area (Å²) in [5.41, 5.74) is 3.50. The molecule has 2 aromatic carbocycles. The zero-order chi connectivity index (χ0) is 45.9. The van der Waals surface area contributed by atoms with Crippen molar-refractivity contribution in [3.63, 3.8) is 0 Å². The molecule has 0 fully saturated rings. The number of carboxylic acids is 1. The lowest BCUT2D eigenvalue weighted by molar-refractivity contribution is -0.147. The number of ether oxygens (including phenoxy) is 1. The van der Waals surface area contributed by atoms with Gasteiger partial charge in [0.05, 0.1) is 55.8 Å². The Bertz CT molecular complexity index is 2870. The molecule has 65 heavy (non-hydrogen) atoms. The first-order valence-electron chi connectivity index (χ1n) is 19.8. The monoisotopic (exact) mass is 894 g/mol. The predicted octanol–water partition coefficient (Wildman–Crippen LogP) is 7.28. The number of aromatic nitrogens is 10. The third-order valence-electron chi connectivity index (χ3n) is 9.08. The Kier molecular flexibility index (Phi) is 14.3. The van der Waals surface area contributed by atoms with Crippen molar-refractivity contribution < 1.29 is 46.0 Å². The first kappa shape index (κ1) is 44.7. The molecule has 0 unspecified atom stereocenters. The molecule has 22 heteroatoms. The van der Waals surface area contributed by atoms with Crippen molar-refractivity contribution in [2.45, 2.75) is 45.9 Å². The van der Waals surface area contributed by atoms with Crippen LogP contribution in [-0.4, -0.2) is 86.0 Å². The van der Waals surface area contributed by atoms with Gasteiger partial charge in [-0.2, -0.15) is 10.2 Å². The highest BCUT2D eigenvalue weighted by Gasteiger charge is 2.20. The maximum atomic E-state index is 14.3. The minimum atomic E-state index is -1.02. The van der Waals surface area contributed by atoms with E-state index in [1.807, 2.05) is 0 Å². The molecule has 18 nitrogen and oxygen atoms in total. The van der Waals surface area contributed by atoms with E-state index in [-0.39, 0.29) is 80.0 Å². The Labute approximate surface area is 366 Å². The number of anilines is 2. The summed E-state index contributed by atoms with van der Waals surface area (Å²) in [5.74, 6) is -3.54. The molecule has 8 aromatic rings. The zero-order valence-corrected chi connectivity index (χ0v) is 34.5. The first-order chi connectivity index (χ1) is 31.4. The molecular weight excluding hydrogens is 857 g/mol. The van der Waals surface area contributed by atoms with Gasteiger partial charge in [-0.15, -0.1) is 0 Å². The van der Waals surface area contributed by atoms with E-state index in [9.17, 15) is 27.2 Å². The summed E-state index contributed by atoms with van der Waals surface area (Å²) in [6.07, 6.45) is 4.41. The van der Waals surface area contributed by atoms with Crippen LogP contribution in [0.4, 0.5) is 29.2 Å². The Hall–Kier alpha value is -8.30. The summed E-state index contributed by atoms with van der Waals surface area (Å²) >= 11 is 0. The van der Waals surface area contributed by atoms with Crippen molar-refractivity contribution in [2.24, 2.45) is 0 Å². The summed E-state index contributed by atoms with van der Waals surface area (Å²) < 4.78 is 74.7. The molecule has 0 saturated carbocycles. The van der Waals surface area contributed by atoms with Gasteiger partial charge in [-0.1, -0.05) is 46.7 Å². The zero-order valence-electron chi connectivity index (χ0n) is 34.5. The van der Waals surface area contributed by atoms with Crippen LogP contribution in [0.1, 0.15) is 37.8 Å². The molecule has 8 rings (SSSR count). The quantitative estimate of drug-likeness (QED) is 0.0603. The third-order valence-corrected chi connectivity index (χ3v) is 9.08. The van der Waals surface area contributed by atoms with Gasteiger partial charge in [0.1, 0.15) is 46.9 Å². The molecule has 0 aliphatic rings. The maximum absolute atomic E-state index is 14.3. The lowest BCUT2D eigenvalue weighted by Gasteiger charge is -2.09. The molecule has 0 bridgehead atoms. The Morgan fingerprint density at radius 2 is 1.12 bits per heavy atom. The van der Waals surface area contributed by atoms with Crippen LogP contribution in [0.25, 0.3) is 45.8 Å². The van der Waals surface area contributed by atoms with Crippen LogP contribution in [-0.2, 0) is 27.4 Å². The molecule has 6 aromatic heterocycles. The van der Waals surface area contributed by atoms with Gasteiger partial charge in [0.25, 0.3) is 0 Å². The number of nitrogens with zero attached hydrogens (tertiary/aromatic N) is 10. The lowest BCUT2D eigenvalue weighted by Crippen LogP contribution is -2.16. The second-order valence-corrected chi connectivity index (χ2v) is 14.2. The SMILES string of the molecule is CC(C)OC(=O)CCNc1nc(-c2cc(-c3ccon3)n(Cc3ccccc3F)n2)ncc1F.O=C(O)CCNc1nc(-c2cc(-c3ccon3)n(Cc3ccccc3F)n2)ncc1F. The number of carboxylic acid groups (broad SMARTS) is 1. The van der Waals surface area contributed by atoms with Gasteiger partial charge in [-0.05, 0) is 38.1 Å². The Morgan fingerprint density at radius 3 is 1.54 bits per heavy atom. The number of esters is 1. The first-order valence-corrected chi connectivity index (χ1v) is 19.8. The average Bonchev–Trinajstić information content (AvgIpc) is 4.12. The highest BCUT2D eigenvalue weighted by molar-refractivity contribution is 5.70. The van der Waals surface area contributed by atoms with Crippen molar-refractivity contribution in [1.29, 1.82) is 0 Å². The molecule has 0 saturated heterocycles. The smallest absolute Gasteiger partial charge is 0.307 e. The number of benzene rings is 2. The van der Waals surface area contributed by atoms with E-state index in [2.05, 4.69) is 51.1 Å². The van der Waals surface area contributed by atoms with Gasteiger partial charge in [-0.25, -0.2) is 37.5 Å². The number of carbonyl (C=O) groups excluding carboxylic acids is 1. The third kappa shape index (κ3) is 11.6. The largest absolute Gasteiger partial charge is 0.481 e. The van der Waals surface area contributed by atoms with Crippen LogP contribution in [0, 0.1) is 23.3 Å². The van der Waals surface area contributed by atoms with E-state index in [1.165, 1.54) is 29.3 Å². The second kappa shape index (κ2) is 20.7. The lowest BCUT2D eigenvalue weighted by atomic mass is 10.2. The predicted molar refractivity (Wildman–Crippen MR) is 223 cm³/mol. The van der Waals surface area contributed by atoms with Crippen LogP contribution in [0.2, 0.25) is 0 Å². The topological polar surface area (TPSA) is 227 Å². The Morgan fingerprint density at radius 1 is 0.662 bits per heavy atom. The van der Waals surface area contributed by atoms with Crippen molar-refractivity contribution in [3.8, 4) is 45.8 Å². The van der Waals surface area contributed by atoms with E-state index in [0.29, 0.717) is 45.3 Å². The average molecular weight is 895 g/mol. The van der Waals surface area contributed by atoms with E-state index >= 15 is 0 Å². The summed E-state index contributed by atoms with van der Waals surface area (Å²) in [6, 6.07) is 19.2. The number of nitrogens with one attached hydrogen (secondary N) is 2. The number of halogens is 4. The fourth-order valence-corrected chi connectivity index (χ4v) is 6.09. The van der Waals surface area contributed by atoms with Gasteiger partial charge >= 0.3 is 11.9 Å². The van der Waals surface area contributed by atoms with Gasteiger partial charge in [0, 0.05) is 36.3 Å². The molecular formula is C43H38F4N12O6. The fourth-order valence-electron chi connectivity index (χ4n) is 6.09. The Balaban J connectivity index is 0.000000195. The standard InChI is InChI=1S/C23H22F2N6O3.C20H16F2N6O3/c1-14(2)34-21(32)7-9-26-22-17(25)12-27-23(28-22)19-11-20(18-8-10-33-30-18)31(29-19)13-15-5-3-4-6-16(15)24;21-13-4-2-1-3-12(13)11-28-17(15-6-8-31-27-15)9-16(26-28)20-24-10-14(22)19(25-20)23-7-5-18(29)30/h3-6,8,10-12,14H,7,9,13H2,1-2H3,(H,26,27,28);1-4,6,8-10H,5,7,11H2,(H,29,30)(H,23,24,25). The van der Waals surface area contributed by atoms with Gasteiger partial charge in [-0.3, -0.25) is 19.0 Å². The van der Waals surface area contributed by atoms with E-state index < -0.39 is 23.6 Å². The van der Waals surface area contributed by atoms with E-state index in [0.717, 1.165) is 12.4 Å². The van der Waals surface area contributed by atoms with Crippen LogP contribution in [0.15, 0.2) is 107 Å². The summed E-state index contributed by atoms with van der Waals surface area (Å²) in [4.78, 5) is 38.7. The van der Waals surface area contributed by atoms with Crippen LogP contribution in [0.5, 0.6) is 0 Å². The van der Waals surface area contributed by atoms with Gasteiger partial charge < -0.3 is 29.5 Å². The number of aliphatic carboxylic acids is 1. The number of hydrogen-bond acceptors (Lipinski definition) is 15. The molecule has 0 atom stereocenters. The highest BCUT2D eigenvalue weighted by atomic mass is 19.1. The molecule has 3 N–H and O–H groups in total. The fraction of sp³-hybridized carbons (Fsp3) is 0.209. The minimum absolute atomic E-state index is 0.00534. The normalized spacial score (nSPS) is 11.0. The van der Waals surface area contributed by atoms with Crippen molar-refractivity contribution in [1.82, 2.24) is 49.8 Å². The van der Waals surface area contributed by atoms with Crippen LogP contribution < -0.4 is 10.6 Å². The summed E-state index contributed by atoms with van der Waals surface area (Å²) in [5, 5.41) is 31.0. The molecule has 0 aliphatic carbocycles. The van der Waals surface area contributed by atoms with Gasteiger partial charge in [0.15, 0.2) is 34.9 Å². The number of rotatable bonds is 17. The molecule has 6 heterocycles. The van der Waals surface area contributed by atoms with Crippen molar-refractivity contribution in [3.05, 3.63) is 132 Å². The molecule has 0 radical (unpaired) electrons. The van der Waals surface area contributed by atoms with Crippen LogP contribution in [0.3, 0.4) is 0 Å². The molecule has 0 spiro atoms. The van der Waals surface area contributed by atoms with Crippen molar-refractivity contribution in [2.75, 3.05) is 23.7 Å².